The van der Waals surface area contributed by atoms with Crippen molar-refractivity contribution in [3.8, 4) is 45.6 Å². The van der Waals surface area contributed by atoms with Crippen molar-refractivity contribution in [3.63, 3.8) is 0 Å². The van der Waals surface area contributed by atoms with Crippen molar-refractivity contribution in [1.29, 1.82) is 0 Å². The monoisotopic (exact) mass is 608 g/mol. The van der Waals surface area contributed by atoms with Crippen LogP contribution in [0.2, 0.25) is 0 Å². The van der Waals surface area contributed by atoms with Crippen LogP contribution in [0.5, 0.6) is 34.5 Å². The highest BCUT2D eigenvalue weighted by Gasteiger charge is 2.29. The zero-order valence-electron chi connectivity index (χ0n) is 24.7. The van der Waals surface area contributed by atoms with Crippen molar-refractivity contribution >= 4 is 46.1 Å². The molecule has 0 unspecified atom stereocenters. The molecule has 0 atom stereocenters. The van der Waals surface area contributed by atoms with Crippen molar-refractivity contribution in [3.05, 3.63) is 45.5 Å². The second-order valence-corrected chi connectivity index (χ2v) is 10.9. The second-order valence-electron chi connectivity index (χ2n) is 10.9. The third-order valence-electron chi connectivity index (χ3n) is 7.41. The second kappa shape index (κ2) is 12.0. The number of carbonyl (C=O) groups is 4. The van der Waals surface area contributed by atoms with E-state index in [4.69, 9.17) is 19.8 Å². The fourth-order valence-electron chi connectivity index (χ4n) is 5.60. The highest BCUT2D eigenvalue weighted by molar-refractivity contribution is 6.27. The van der Waals surface area contributed by atoms with Crippen LogP contribution in [0, 0.1) is 13.8 Å². The van der Waals surface area contributed by atoms with Gasteiger partial charge >= 0.3 is 11.9 Å². The number of hydrogen-bond acceptors (Lipinski definition) is 10. The number of carbonyl (C=O) groups excluding carboxylic acids is 2. The lowest BCUT2D eigenvalue weighted by Gasteiger charge is -2.23. The van der Waals surface area contributed by atoms with Crippen molar-refractivity contribution < 1.29 is 60.0 Å². The van der Waals surface area contributed by atoms with Crippen LogP contribution in [-0.4, -0.2) is 65.4 Å². The molecule has 0 saturated carbocycles. The van der Waals surface area contributed by atoms with Gasteiger partial charge in [0.05, 0.1) is 11.1 Å². The SMILES string of the molecule is Cc1cc2c(C(C)C)c(O)c(O)c(C=O)c2c(O)c1-c1c(C)cc2c(C(C)C)c(O)c(O)c(C=O)c2c1O.O=C(O)C(=O)O. The van der Waals surface area contributed by atoms with Gasteiger partial charge in [0.2, 0.25) is 0 Å². The van der Waals surface area contributed by atoms with E-state index in [9.17, 15) is 40.2 Å². The largest absolute Gasteiger partial charge is 0.507 e. The molecular weight excluding hydrogens is 576 g/mol. The number of phenolic OH excluding ortho intramolecular Hbond substituents is 6. The first-order valence-electron chi connectivity index (χ1n) is 13.3. The van der Waals surface area contributed by atoms with Gasteiger partial charge in [0.25, 0.3) is 0 Å². The van der Waals surface area contributed by atoms with Gasteiger partial charge in [-0.05, 0) is 47.6 Å². The van der Waals surface area contributed by atoms with Crippen LogP contribution in [0.4, 0.5) is 0 Å². The number of aliphatic carboxylic acids is 2. The molecule has 0 radical (unpaired) electrons. The Morgan fingerprint density at radius 1 is 0.568 bits per heavy atom. The Kier molecular flexibility index (Phi) is 8.99. The third-order valence-corrected chi connectivity index (χ3v) is 7.41. The first-order chi connectivity index (χ1) is 20.4. The molecule has 0 fully saturated rings. The van der Waals surface area contributed by atoms with Crippen LogP contribution in [-0.2, 0) is 9.59 Å². The van der Waals surface area contributed by atoms with E-state index >= 15 is 0 Å². The first kappa shape index (κ1) is 33.0. The zero-order chi connectivity index (χ0) is 33.5. The van der Waals surface area contributed by atoms with E-state index in [1.807, 2.05) is 0 Å². The smallest absolute Gasteiger partial charge is 0.414 e. The molecule has 44 heavy (non-hydrogen) atoms. The maximum atomic E-state index is 12.0. The molecule has 4 aromatic rings. The standard InChI is InChI=1S/C30H30O8.C2H2O4/c1-11(2)19-15-7-13(5)21(27(35)23(15)17(9-31)25(33)29(19)37)22-14(6)8-16-20(12(3)4)30(38)26(34)18(10-32)24(16)28(22)36;3-1(4)2(5)6/h7-12,33-38H,1-6H3;(H,3,4)(H,5,6). The molecule has 4 aromatic carbocycles. The van der Waals surface area contributed by atoms with E-state index < -0.39 is 46.4 Å². The quantitative estimate of drug-likeness (QED) is 0.0793. The number of hydrogen-bond donors (Lipinski definition) is 8. The highest BCUT2D eigenvalue weighted by Crippen LogP contribution is 2.54. The van der Waals surface area contributed by atoms with Crippen molar-refractivity contribution in [1.82, 2.24) is 0 Å². The van der Waals surface area contributed by atoms with Crippen LogP contribution in [0.3, 0.4) is 0 Å². The summed E-state index contributed by atoms with van der Waals surface area (Å²) in [6, 6.07) is 3.31. The normalized spacial score (nSPS) is 11.1. The molecule has 0 heterocycles. The van der Waals surface area contributed by atoms with Gasteiger partial charge in [-0.15, -0.1) is 0 Å². The fraction of sp³-hybridized carbons (Fsp3) is 0.250. The molecule has 0 bridgehead atoms. The number of carboxylic acid groups (broad SMARTS) is 2. The number of rotatable bonds is 5. The van der Waals surface area contributed by atoms with Gasteiger partial charge in [-0.3, -0.25) is 9.59 Å². The molecule has 0 aliphatic rings. The Hall–Kier alpha value is -5.52. The summed E-state index contributed by atoms with van der Waals surface area (Å²) in [6.07, 6.45) is 0.682. The van der Waals surface area contributed by atoms with Gasteiger partial charge in [0.15, 0.2) is 35.6 Å². The average Bonchev–Trinajstić information content (AvgIpc) is 2.92. The topological polar surface area (TPSA) is 230 Å². The summed E-state index contributed by atoms with van der Waals surface area (Å²) in [5, 5.41) is 81.2. The summed E-state index contributed by atoms with van der Waals surface area (Å²) in [7, 11) is 0. The van der Waals surface area contributed by atoms with Crippen LogP contribution >= 0.6 is 0 Å². The summed E-state index contributed by atoms with van der Waals surface area (Å²) in [4.78, 5) is 42.2. The van der Waals surface area contributed by atoms with Gasteiger partial charge in [0.1, 0.15) is 11.5 Å². The van der Waals surface area contributed by atoms with Gasteiger partial charge in [-0.2, -0.15) is 0 Å². The summed E-state index contributed by atoms with van der Waals surface area (Å²) in [6.45, 7) is 10.5. The number of aryl methyl sites for hydroxylation is 2. The number of phenols is 6. The molecule has 0 amide bonds. The molecule has 12 nitrogen and oxygen atoms in total. The third kappa shape index (κ3) is 5.14. The van der Waals surface area contributed by atoms with E-state index in [0.29, 0.717) is 45.6 Å². The van der Waals surface area contributed by atoms with Crippen LogP contribution in [0.15, 0.2) is 12.1 Å². The predicted octanol–water partition coefficient (Wildman–Crippen LogP) is 5.54. The van der Waals surface area contributed by atoms with E-state index in [-0.39, 0.29) is 44.9 Å². The number of aldehydes is 2. The summed E-state index contributed by atoms with van der Waals surface area (Å²) >= 11 is 0. The van der Waals surface area contributed by atoms with Crippen LogP contribution in [0.1, 0.15) is 82.5 Å². The number of carboxylic acids is 2. The van der Waals surface area contributed by atoms with Gasteiger partial charge in [-0.25, -0.2) is 9.59 Å². The van der Waals surface area contributed by atoms with E-state index in [2.05, 4.69) is 0 Å². The molecule has 12 heteroatoms. The lowest BCUT2D eigenvalue weighted by molar-refractivity contribution is -0.159. The van der Waals surface area contributed by atoms with Crippen molar-refractivity contribution in [2.75, 3.05) is 0 Å². The van der Waals surface area contributed by atoms with Gasteiger partial charge < -0.3 is 40.9 Å². The predicted molar refractivity (Wildman–Crippen MR) is 161 cm³/mol. The summed E-state index contributed by atoms with van der Waals surface area (Å²) in [5.74, 6) is -7.22. The molecule has 0 spiro atoms. The summed E-state index contributed by atoms with van der Waals surface area (Å²) < 4.78 is 0. The fourth-order valence-corrected chi connectivity index (χ4v) is 5.60. The van der Waals surface area contributed by atoms with Gasteiger partial charge in [0, 0.05) is 33.0 Å². The van der Waals surface area contributed by atoms with Crippen LogP contribution in [0.25, 0.3) is 32.7 Å². The minimum atomic E-state index is -1.82. The highest BCUT2D eigenvalue weighted by atomic mass is 16.4. The molecule has 8 N–H and O–H groups in total. The Labute approximate surface area is 250 Å². The average molecular weight is 609 g/mol. The Morgan fingerprint density at radius 2 is 0.864 bits per heavy atom. The van der Waals surface area contributed by atoms with E-state index in [0.717, 1.165) is 0 Å². The minimum Gasteiger partial charge on any atom is -0.507 e. The maximum Gasteiger partial charge on any atom is 0.414 e. The Balaban J connectivity index is 0.000000801. The number of aromatic hydroxyl groups is 6. The van der Waals surface area contributed by atoms with Gasteiger partial charge in [-0.1, -0.05) is 39.8 Å². The summed E-state index contributed by atoms with van der Waals surface area (Å²) in [5.41, 5.74) is 1.33. The molecule has 0 saturated heterocycles. The number of benzene rings is 4. The van der Waals surface area contributed by atoms with E-state index in [1.54, 1.807) is 53.7 Å². The van der Waals surface area contributed by atoms with Crippen LogP contribution < -0.4 is 0 Å². The molecule has 4 rings (SSSR count). The van der Waals surface area contributed by atoms with E-state index in [1.165, 1.54) is 0 Å². The molecule has 0 aromatic heterocycles. The molecule has 0 aliphatic carbocycles. The maximum absolute atomic E-state index is 12.0. The Bertz CT molecular complexity index is 1750. The van der Waals surface area contributed by atoms with Crippen molar-refractivity contribution in [2.45, 2.75) is 53.4 Å². The minimum absolute atomic E-state index is 0.00512. The molecule has 232 valence electrons. The zero-order valence-corrected chi connectivity index (χ0v) is 24.7. The molecular formula is C32H32O12. The Morgan fingerprint density at radius 3 is 1.09 bits per heavy atom. The lowest BCUT2D eigenvalue weighted by Crippen LogP contribution is -2.09. The lowest BCUT2D eigenvalue weighted by atomic mass is 9.83. The van der Waals surface area contributed by atoms with Crippen molar-refractivity contribution in [2.24, 2.45) is 0 Å². The number of fused-ring (bicyclic) bond motifs is 2. The molecule has 0 aliphatic heterocycles. The first-order valence-corrected chi connectivity index (χ1v) is 13.3.